The number of aliphatic hydroxyl groups excluding tert-OH is 1. The first-order valence-electron chi connectivity index (χ1n) is 7.70. The van der Waals surface area contributed by atoms with Gasteiger partial charge in [-0.2, -0.15) is 0 Å². The van der Waals surface area contributed by atoms with Gasteiger partial charge in [0.05, 0.1) is 12.2 Å². The van der Waals surface area contributed by atoms with Crippen LogP contribution in [0, 0.1) is 0 Å². The standard InChI is InChI=1S/C19H19NO3/c21-13-12-20(11-10-15-6-2-1-3-7-15)19(22)17-14-23-18-9-5-4-8-16(17)18/h1-9,14,21H,10-13H2. The number of hydrogen-bond donors (Lipinski definition) is 1. The van der Waals surface area contributed by atoms with E-state index in [2.05, 4.69) is 0 Å². The number of aliphatic hydroxyl groups is 1. The molecule has 1 heterocycles. The summed E-state index contributed by atoms with van der Waals surface area (Å²) in [5, 5.41) is 10.1. The zero-order valence-electron chi connectivity index (χ0n) is 12.8. The molecule has 0 spiro atoms. The minimum atomic E-state index is -0.111. The van der Waals surface area contributed by atoms with Crippen molar-refractivity contribution in [2.24, 2.45) is 0 Å². The number of nitrogens with zero attached hydrogens (tertiary/aromatic N) is 1. The molecule has 23 heavy (non-hydrogen) atoms. The number of rotatable bonds is 6. The topological polar surface area (TPSA) is 53.7 Å². The highest BCUT2D eigenvalue weighted by atomic mass is 16.3. The number of carbonyl (C=O) groups excluding carboxylic acids is 1. The normalized spacial score (nSPS) is 10.8. The Morgan fingerprint density at radius 3 is 2.52 bits per heavy atom. The van der Waals surface area contributed by atoms with Gasteiger partial charge in [0, 0.05) is 18.5 Å². The number of furan rings is 1. The Morgan fingerprint density at radius 1 is 1.00 bits per heavy atom. The van der Waals surface area contributed by atoms with Gasteiger partial charge in [0.2, 0.25) is 0 Å². The van der Waals surface area contributed by atoms with E-state index in [-0.39, 0.29) is 12.5 Å². The SMILES string of the molecule is O=C(c1coc2ccccc12)N(CCO)CCc1ccccc1. The molecule has 0 bridgehead atoms. The summed E-state index contributed by atoms with van der Waals surface area (Å²) in [6, 6.07) is 17.5. The van der Waals surface area contributed by atoms with Gasteiger partial charge in [-0.3, -0.25) is 4.79 Å². The average Bonchev–Trinajstić information content (AvgIpc) is 3.03. The van der Waals surface area contributed by atoms with Gasteiger partial charge < -0.3 is 14.4 Å². The van der Waals surface area contributed by atoms with E-state index in [1.165, 1.54) is 11.8 Å². The van der Waals surface area contributed by atoms with E-state index >= 15 is 0 Å². The zero-order chi connectivity index (χ0) is 16.1. The van der Waals surface area contributed by atoms with Crippen LogP contribution in [0.25, 0.3) is 11.0 Å². The summed E-state index contributed by atoms with van der Waals surface area (Å²) in [5.74, 6) is -0.111. The number of carbonyl (C=O) groups is 1. The van der Waals surface area contributed by atoms with E-state index in [1.807, 2.05) is 54.6 Å². The number of amides is 1. The molecule has 0 aliphatic carbocycles. The van der Waals surface area contributed by atoms with Crippen molar-refractivity contribution in [3.8, 4) is 0 Å². The molecule has 4 heteroatoms. The van der Waals surface area contributed by atoms with E-state index in [0.717, 1.165) is 11.8 Å². The van der Waals surface area contributed by atoms with Crippen LogP contribution in [0.3, 0.4) is 0 Å². The number of hydrogen-bond acceptors (Lipinski definition) is 3. The first kappa shape index (κ1) is 15.3. The van der Waals surface area contributed by atoms with Crippen molar-refractivity contribution in [1.29, 1.82) is 0 Å². The second-order valence-electron chi connectivity index (χ2n) is 5.40. The molecule has 118 valence electrons. The molecule has 1 amide bonds. The maximum atomic E-state index is 12.8. The van der Waals surface area contributed by atoms with Gasteiger partial charge in [0.15, 0.2) is 0 Å². The fourth-order valence-corrected chi connectivity index (χ4v) is 2.66. The van der Waals surface area contributed by atoms with Crippen LogP contribution >= 0.6 is 0 Å². The van der Waals surface area contributed by atoms with Crippen LogP contribution in [-0.4, -0.2) is 35.6 Å². The minimum absolute atomic E-state index is 0.0592. The molecule has 0 fully saturated rings. The predicted octanol–water partition coefficient (Wildman–Crippen LogP) is 3.11. The van der Waals surface area contributed by atoms with Crippen LogP contribution in [0.4, 0.5) is 0 Å². The lowest BCUT2D eigenvalue weighted by Gasteiger charge is -2.21. The number of para-hydroxylation sites is 1. The van der Waals surface area contributed by atoms with Crippen molar-refractivity contribution in [2.75, 3.05) is 19.7 Å². The Kier molecular flexibility index (Phi) is 4.74. The lowest BCUT2D eigenvalue weighted by Crippen LogP contribution is -2.35. The molecule has 0 atom stereocenters. The van der Waals surface area contributed by atoms with Gasteiger partial charge in [-0.15, -0.1) is 0 Å². The third kappa shape index (κ3) is 3.43. The first-order chi connectivity index (χ1) is 11.3. The molecular weight excluding hydrogens is 290 g/mol. The van der Waals surface area contributed by atoms with Crippen LogP contribution in [0.2, 0.25) is 0 Å². The van der Waals surface area contributed by atoms with Crippen LogP contribution in [-0.2, 0) is 6.42 Å². The summed E-state index contributed by atoms with van der Waals surface area (Å²) in [6.07, 6.45) is 2.25. The molecule has 1 N–H and O–H groups in total. The number of fused-ring (bicyclic) bond motifs is 1. The monoisotopic (exact) mass is 309 g/mol. The van der Waals surface area contributed by atoms with Crippen molar-refractivity contribution in [2.45, 2.75) is 6.42 Å². The Bertz CT molecular complexity index is 779. The summed E-state index contributed by atoms with van der Waals surface area (Å²) in [5.41, 5.74) is 2.41. The van der Waals surface area contributed by atoms with Gasteiger partial charge in [0.25, 0.3) is 5.91 Å². The van der Waals surface area contributed by atoms with Crippen molar-refractivity contribution in [1.82, 2.24) is 4.90 Å². The molecule has 1 aromatic heterocycles. The van der Waals surface area contributed by atoms with Crippen molar-refractivity contribution >= 4 is 16.9 Å². The third-order valence-corrected chi connectivity index (χ3v) is 3.88. The first-order valence-corrected chi connectivity index (χ1v) is 7.70. The van der Waals surface area contributed by atoms with E-state index in [4.69, 9.17) is 4.42 Å². The summed E-state index contributed by atoms with van der Waals surface area (Å²) in [6.45, 7) is 0.810. The fourth-order valence-electron chi connectivity index (χ4n) is 2.66. The van der Waals surface area contributed by atoms with E-state index < -0.39 is 0 Å². The molecule has 2 aromatic carbocycles. The Labute approximate surface area is 135 Å². The average molecular weight is 309 g/mol. The second-order valence-corrected chi connectivity index (χ2v) is 5.40. The minimum Gasteiger partial charge on any atom is -0.463 e. The highest BCUT2D eigenvalue weighted by molar-refractivity contribution is 6.05. The van der Waals surface area contributed by atoms with E-state index in [0.29, 0.717) is 24.2 Å². The lowest BCUT2D eigenvalue weighted by atomic mass is 10.1. The van der Waals surface area contributed by atoms with Crippen molar-refractivity contribution < 1.29 is 14.3 Å². The Hall–Kier alpha value is -2.59. The van der Waals surface area contributed by atoms with Gasteiger partial charge in [-0.25, -0.2) is 0 Å². The highest BCUT2D eigenvalue weighted by Gasteiger charge is 2.19. The fraction of sp³-hybridized carbons (Fsp3) is 0.211. The molecule has 3 aromatic rings. The predicted molar refractivity (Wildman–Crippen MR) is 89.3 cm³/mol. The molecule has 0 aliphatic heterocycles. The smallest absolute Gasteiger partial charge is 0.257 e. The summed E-state index contributed by atoms with van der Waals surface area (Å²) in [7, 11) is 0. The summed E-state index contributed by atoms with van der Waals surface area (Å²) in [4.78, 5) is 14.5. The van der Waals surface area contributed by atoms with E-state index in [1.54, 1.807) is 4.90 Å². The Balaban J connectivity index is 1.78. The van der Waals surface area contributed by atoms with Gasteiger partial charge in [0.1, 0.15) is 11.8 Å². The zero-order valence-corrected chi connectivity index (χ0v) is 12.8. The van der Waals surface area contributed by atoms with Crippen LogP contribution < -0.4 is 0 Å². The summed E-state index contributed by atoms with van der Waals surface area (Å²) < 4.78 is 5.45. The molecule has 0 radical (unpaired) electrons. The van der Waals surface area contributed by atoms with Crippen LogP contribution in [0.15, 0.2) is 65.3 Å². The molecule has 0 saturated heterocycles. The maximum Gasteiger partial charge on any atom is 0.257 e. The Morgan fingerprint density at radius 2 is 1.74 bits per heavy atom. The van der Waals surface area contributed by atoms with Gasteiger partial charge in [-0.1, -0.05) is 48.5 Å². The van der Waals surface area contributed by atoms with Crippen molar-refractivity contribution in [3.63, 3.8) is 0 Å². The second kappa shape index (κ2) is 7.11. The van der Waals surface area contributed by atoms with Crippen LogP contribution in [0.5, 0.6) is 0 Å². The largest absolute Gasteiger partial charge is 0.463 e. The third-order valence-electron chi connectivity index (χ3n) is 3.88. The molecular formula is C19H19NO3. The lowest BCUT2D eigenvalue weighted by molar-refractivity contribution is 0.0725. The number of benzene rings is 2. The quantitative estimate of drug-likeness (QED) is 0.761. The van der Waals surface area contributed by atoms with Crippen LogP contribution in [0.1, 0.15) is 15.9 Å². The molecule has 4 nitrogen and oxygen atoms in total. The summed E-state index contributed by atoms with van der Waals surface area (Å²) >= 11 is 0. The maximum absolute atomic E-state index is 12.8. The van der Waals surface area contributed by atoms with E-state index in [9.17, 15) is 9.90 Å². The van der Waals surface area contributed by atoms with Gasteiger partial charge >= 0.3 is 0 Å². The molecule has 0 aliphatic rings. The molecule has 3 rings (SSSR count). The highest BCUT2D eigenvalue weighted by Crippen LogP contribution is 2.22. The molecule has 0 unspecified atom stereocenters. The molecule has 0 saturated carbocycles. The van der Waals surface area contributed by atoms with Gasteiger partial charge in [-0.05, 0) is 18.1 Å². The van der Waals surface area contributed by atoms with Crippen molar-refractivity contribution in [3.05, 3.63) is 72.0 Å².